The van der Waals surface area contributed by atoms with E-state index in [2.05, 4.69) is 9.71 Å². The lowest BCUT2D eigenvalue weighted by Gasteiger charge is -2.09. The predicted molar refractivity (Wildman–Crippen MR) is 74.1 cm³/mol. The van der Waals surface area contributed by atoms with Gasteiger partial charge in [0.15, 0.2) is 0 Å². The Bertz CT molecular complexity index is 684. The van der Waals surface area contributed by atoms with Gasteiger partial charge in [0.1, 0.15) is 0 Å². The molecule has 6 heteroatoms. The molecule has 0 bridgehead atoms. The first kappa shape index (κ1) is 13.5. The van der Waals surface area contributed by atoms with Gasteiger partial charge >= 0.3 is 0 Å². The lowest BCUT2D eigenvalue weighted by Crippen LogP contribution is -2.13. The molecule has 100 valence electrons. The molecule has 2 aromatic rings. The molecule has 0 spiro atoms. The van der Waals surface area contributed by atoms with Crippen molar-refractivity contribution in [1.29, 1.82) is 0 Å². The molecule has 0 saturated carbocycles. The number of pyridine rings is 1. The Labute approximate surface area is 112 Å². The smallest absolute Gasteiger partial charge is 0.261 e. The summed E-state index contributed by atoms with van der Waals surface area (Å²) in [6.45, 7) is 2.15. The standard InChI is InChI=1S/C13H15N3O2S/c1-10-5-12(9-15-8-10)16-19(17,18)13-4-2-3-11(6-13)7-14/h2-6,8-9,16H,7,14H2,1H3. The number of nitrogens with one attached hydrogen (secondary N) is 1. The molecule has 0 fully saturated rings. The van der Waals surface area contributed by atoms with Crippen molar-refractivity contribution in [3.63, 3.8) is 0 Å². The summed E-state index contributed by atoms with van der Waals surface area (Å²) in [5, 5.41) is 0. The number of benzene rings is 1. The van der Waals surface area contributed by atoms with Crippen LogP contribution in [0.3, 0.4) is 0 Å². The molecule has 0 radical (unpaired) electrons. The fraction of sp³-hybridized carbons (Fsp3) is 0.154. The van der Waals surface area contributed by atoms with E-state index >= 15 is 0 Å². The highest BCUT2D eigenvalue weighted by Gasteiger charge is 2.14. The molecule has 3 N–H and O–H groups in total. The molecule has 1 aromatic carbocycles. The maximum Gasteiger partial charge on any atom is 0.261 e. The Morgan fingerprint density at radius 2 is 2.05 bits per heavy atom. The molecule has 0 atom stereocenters. The Balaban J connectivity index is 2.32. The summed E-state index contributed by atoms with van der Waals surface area (Å²) in [5.41, 5.74) is 7.61. The second-order valence-electron chi connectivity index (χ2n) is 4.21. The Morgan fingerprint density at radius 1 is 1.26 bits per heavy atom. The number of hydrogen-bond acceptors (Lipinski definition) is 4. The molecule has 0 saturated heterocycles. The largest absolute Gasteiger partial charge is 0.326 e. The fourth-order valence-corrected chi connectivity index (χ4v) is 2.77. The third-order valence-corrected chi connectivity index (χ3v) is 3.95. The minimum atomic E-state index is -3.61. The van der Waals surface area contributed by atoms with E-state index in [1.807, 2.05) is 6.92 Å². The summed E-state index contributed by atoms with van der Waals surface area (Å²) in [4.78, 5) is 4.14. The number of rotatable bonds is 4. The molecule has 2 rings (SSSR count). The van der Waals surface area contributed by atoms with Crippen molar-refractivity contribution in [3.8, 4) is 0 Å². The van der Waals surface area contributed by atoms with Gasteiger partial charge in [-0.05, 0) is 36.2 Å². The highest BCUT2D eigenvalue weighted by Crippen LogP contribution is 2.17. The van der Waals surface area contributed by atoms with Crippen LogP contribution in [0.5, 0.6) is 0 Å². The van der Waals surface area contributed by atoms with Crippen LogP contribution in [0.2, 0.25) is 0 Å². The van der Waals surface area contributed by atoms with Crippen molar-refractivity contribution < 1.29 is 8.42 Å². The monoisotopic (exact) mass is 277 g/mol. The SMILES string of the molecule is Cc1cncc(NS(=O)(=O)c2cccc(CN)c2)c1. The summed E-state index contributed by atoms with van der Waals surface area (Å²) in [6, 6.07) is 8.27. The molecule has 0 unspecified atom stereocenters. The van der Waals surface area contributed by atoms with Crippen LogP contribution in [0.4, 0.5) is 5.69 Å². The summed E-state index contributed by atoms with van der Waals surface area (Å²) in [6.07, 6.45) is 3.13. The zero-order valence-electron chi connectivity index (χ0n) is 10.5. The first-order chi connectivity index (χ1) is 9.01. The Kier molecular flexibility index (Phi) is 3.82. The van der Waals surface area contributed by atoms with Gasteiger partial charge < -0.3 is 5.73 Å². The maximum absolute atomic E-state index is 12.2. The lowest BCUT2D eigenvalue weighted by molar-refractivity contribution is 0.601. The van der Waals surface area contributed by atoms with Crippen LogP contribution >= 0.6 is 0 Å². The van der Waals surface area contributed by atoms with Crippen LogP contribution in [-0.2, 0) is 16.6 Å². The summed E-state index contributed by atoms with van der Waals surface area (Å²) < 4.78 is 26.9. The van der Waals surface area contributed by atoms with Crippen LogP contribution in [-0.4, -0.2) is 13.4 Å². The number of sulfonamides is 1. The van der Waals surface area contributed by atoms with Gasteiger partial charge in [0, 0.05) is 12.7 Å². The van der Waals surface area contributed by atoms with Gasteiger partial charge in [-0.3, -0.25) is 9.71 Å². The van der Waals surface area contributed by atoms with E-state index in [-0.39, 0.29) is 4.90 Å². The molecule has 1 heterocycles. The number of aryl methyl sites for hydroxylation is 1. The summed E-state index contributed by atoms with van der Waals surface area (Å²) in [7, 11) is -3.61. The van der Waals surface area contributed by atoms with Gasteiger partial charge in [-0.15, -0.1) is 0 Å². The zero-order valence-corrected chi connectivity index (χ0v) is 11.3. The van der Waals surface area contributed by atoms with Crippen molar-refractivity contribution in [3.05, 3.63) is 53.9 Å². The van der Waals surface area contributed by atoms with Crippen molar-refractivity contribution in [1.82, 2.24) is 4.98 Å². The molecular weight excluding hydrogens is 262 g/mol. The van der Waals surface area contributed by atoms with E-state index in [0.29, 0.717) is 12.2 Å². The number of anilines is 1. The average Bonchev–Trinajstić information content (AvgIpc) is 2.38. The van der Waals surface area contributed by atoms with E-state index in [1.54, 1.807) is 30.5 Å². The van der Waals surface area contributed by atoms with Crippen LogP contribution in [0.25, 0.3) is 0 Å². The first-order valence-electron chi connectivity index (χ1n) is 5.75. The van der Waals surface area contributed by atoms with Gasteiger partial charge in [0.25, 0.3) is 10.0 Å². The number of nitrogens with two attached hydrogens (primary N) is 1. The van der Waals surface area contributed by atoms with Crippen molar-refractivity contribution >= 4 is 15.7 Å². The third-order valence-electron chi connectivity index (χ3n) is 2.57. The molecular formula is C13H15N3O2S. The van der Waals surface area contributed by atoms with Gasteiger partial charge in [0.2, 0.25) is 0 Å². The minimum absolute atomic E-state index is 0.192. The van der Waals surface area contributed by atoms with Gasteiger partial charge in [-0.25, -0.2) is 8.42 Å². The van der Waals surface area contributed by atoms with Crippen LogP contribution < -0.4 is 10.5 Å². The zero-order chi connectivity index (χ0) is 13.9. The van der Waals surface area contributed by atoms with Gasteiger partial charge in [0.05, 0.1) is 16.8 Å². The van der Waals surface area contributed by atoms with Crippen LogP contribution in [0, 0.1) is 6.92 Å². The molecule has 19 heavy (non-hydrogen) atoms. The van der Waals surface area contributed by atoms with E-state index < -0.39 is 10.0 Å². The number of aromatic nitrogens is 1. The van der Waals surface area contributed by atoms with E-state index in [0.717, 1.165) is 11.1 Å². The minimum Gasteiger partial charge on any atom is -0.326 e. The predicted octanol–water partition coefficient (Wildman–Crippen LogP) is 1.65. The molecule has 5 nitrogen and oxygen atoms in total. The van der Waals surface area contributed by atoms with Gasteiger partial charge in [-0.1, -0.05) is 12.1 Å². The van der Waals surface area contributed by atoms with Crippen molar-refractivity contribution in [2.45, 2.75) is 18.4 Å². The lowest BCUT2D eigenvalue weighted by atomic mass is 10.2. The summed E-state index contributed by atoms with van der Waals surface area (Å²) >= 11 is 0. The third kappa shape index (κ3) is 3.30. The highest BCUT2D eigenvalue weighted by atomic mass is 32.2. The van der Waals surface area contributed by atoms with Gasteiger partial charge in [-0.2, -0.15) is 0 Å². The fourth-order valence-electron chi connectivity index (χ4n) is 1.66. The maximum atomic E-state index is 12.2. The molecule has 0 aliphatic carbocycles. The quantitative estimate of drug-likeness (QED) is 0.889. The van der Waals surface area contributed by atoms with E-state index in [4.69, 9.17) is 5.73 Å². The van der Waals surface area contributed by atoms with Crippen molar-refractivity contribution in [2.75, 3.05) is 4.72 Å². The summed E-state index contributed by atoms with van der Waals surface area (Å²) in [5.74, 6) is 0. The Hall–Kier alpha value is -1.92. The van der Waals surface area contributed by atoms with Crippen LogP contribution in [0.15, 0.2) is 47.6 Å². The number of nitrogens with zero attached hydrogens (tertiary/aromatic N) is 1. The second-order valence-corrected chi connectivity index (χ2v) is 5.89. The first-order valence-corrected chi connectivity index (χ1v) is 7.23. The molecule has 0 amide bonds. The number of hydrogen-bond donors (Lipinski definition) is 2. The van der Waals surface area contributed by atoms with Crippen molar-refractivity contribution in [2.24, 2.45) is 5.73 Å². The van der Waals surface area contributed by atoms with E-state index in [1.165, 1.54) is 12.3 Å². The Morgan fingerprint density at radius 3 is 2.74 bits per heavy atom. The normalized spacial score (nSPS) is 11.3. The van der Waals surface area contributed by atoms with E-state index in [9.17, 15) is 8.42 Å². The highest BCUT2D eigenvalue weighted by molar-refractivity contribution is 7.92. The average molecular weight is 277 g/mol. The molecule has 0 aliphatic heterocycles. The second kappa shape index (κ2) is 5.38. The van der Waals surface area contributed by atoms with Crippen LogP contribution in [0.1, 0.15) is 11.1 Å². The topological polar surface area (TPSA) is 85.1 Å². The molecule has 1 aromatic heterocycles. The molecule has 0 aliphatic rings.